The molecular formula is C32H54O12. The number of aliphatic hydroxyl groups excluding tert-OH is 8. The van der Waals surface area contributed by atoms with E-state index in [-0.39, 0.29) is 35.4 Å². The molecule has 2 saturated carbocycles. The summed E-state index contributed by atoms with van der Waals surface area (Å²) in [6, 6.07) is 0. The normalized spacial score (nSPS) is 46.5. The van der Waals surface area contributed by atoms with E-state index in [9.17, 15) is 40.9 Å². The van der Waals surface area contributed by atoms with Crippen molar-refractivity contribution in [3.05, 3.63) is 23.8 Å². The monoisotopic (exact) mass is 630 g/mol. The Balaban J connectivity index is 1.37. The lowest BCUT2D eigenvalue weighted by molar-refractivity contribution is -0.327. The van der Waals surface area contributed by atoms with Gasteiger partial charge in [0, 0.05) is 0 Å². The number of aliphatic hydroxyl groups is 8. The summed E-state index contributed by atoms with van der Waals surface area (Å²) >= 11 is 0. The van der Waals surface area contributed by atoms with E-state index < -0.39 is 74.6 Å². The van der Waals surface area contributed by atoms with E-state index in [4.69, 9.17) is 18.9 Å². The number of hydrogen-bond acceptors (Lipinski definition) is 12. The Morgan fingerprint density at radius 2 is 1.43 bits per heavy atom. The predicted molar refractivity (Wildman–Crippen MR) is 158 cm³/mol. The van der Waals surface area contributed by atoms with Crippen LogP contribution < -0.4 is 0 Å². The van der Waals surface area contributed by atoms with Gasteiger partial charge in [-0.1, -0.05) is 44.6 Å². The second-order valence-corrected chi connectivity index (χ2v) is 14.1. The summed E-state index contributed by atoms with van der Waals surface area (Å²) in [6.45, 7) is 12.3. The van der Waals surface area contributed by atoms with Crippen LogP contribution in [0.25, 0.3) is 0 Å². The van der Waals surface area contributed by atoms with Crippen LogP contribution in [-0.2, 0) is 18.9 Å². The number of ether oxygens (including phenoxy) is 4. The second-order valence-electron chi connectivity index (χ2n) is 14.1. The van der Waals surface area contributed by atoms with Crippen LogP contribution in [0.4, 0.5) is 0 Å². The number of hydrogen-bond donors (Lipinski definition) is 8. The van der Waals surface area contributed by atoms with E-state index in [0.717, 1.165) is 37.7 Å². The van der Waals surface area contributed by atoms with Crippen molar-refractivity contribution in [1.29, 1.82) is 0 Å². The fraction of sp³-hybridized carbons (Fsp3) is 0.875. The molecule has 1 unspecified atom stereocenters. The minimum Gasteiger partial charge on any atom is -0.394 e. The number of allylic oxidation sites excluding steroid dienone is 2. The molecule has 0 aromatic heterocycles. The van der Waals surface area contributed by atoms with Crippen LogP contribution in [0.1, 0.15) is 66.2 Å². The van der Waals surface area contributed by atoms with Gasteiger partial charge in [-0.25, -0.2) is 0 Å². The lowest BCUT2D eigenvalue weighted by Crippen LogP contribution is -2.62. The van der Waals surface area contributed by atoms with Crippen LogP contribution in [0.2, 0.25) is 0 Å². The van der Waals surface area contributed by atoms with Crippen molar-refractivity contribution in [2.75, 3.05) is 19.8 Å². The third-order valence-corrected chi connectivity index (χ3v) is 11.0. The van der Waals surface area contributed by atoms with Crippen molar-refractivity contribution in [2.45, 2.75) is 134 Å². The van der Waals surface area contributed by atoms with Crippen molar-refractivity contribution in [2.24, 2.45) is 22.7 Å². The van der Waals surface area contributed by atoms with Gasteiger partial charge in [0.2, 0.25) is 0 Å². The highest BCUT2D eigenvalue weighted by Gasteiger charge is 2.57. The van der Waals surface area contributed by atoms with Crippen LogP contribution in [0.15, 0.2) is 23.8 Å². The van der Waals surface area contributed by atoms with E-state index in [2.05, 4.69) is 27.4 Å². The van der Waals surface area contributed by atoms with Crippen molar-refractivity contribution in [3.8, 4) is 0 Å². The summed E-state index contributed by atoms with van der Waals surface area (Å²) in [7, 11) is 0. The Bertz CT molecular complexity index is 1000. The van der Waals surface area contributed by atoms with E-state index in [1.165, 1.54) is 5.57 Å². The third kappa shape index (κ3) is 6.97. The standard InChI is InChI=1S/C32H54O12/c1-16(11-13-41-29-27(39)25(37)23(35)19(14-33)42-29)6-8-18-17(2)7-9-21-31(3,4)22(10-12-32(18,21)5)44-30-28(40)26(38)24(36)20(15-34)43-30/h11,18-30,33-40H,2,6-10,12-15H2,1,3-5H3/b16-11+/t18-,19+,20+,21-,22?,23+,24+,25-,26-,27+,28+,29+,30-,32+/m0/s1. The first-order chi connectivity index (χ1) is 20.7. The third-order valence-electron chi connectivity index (χ3n) is 11.0. The Morgan fingerprint density at radius 3 is 2.02 bits per heavy atom. The number of rotatable bonds is 10. The molecule has 8 N–H and O–H groups in total. The first kappa shape index (κ1) is 35.8. The molecule has 12 nitrogen and oxygen atoms in total. The minimum absolute atomic E-state index is 0.0405. The maximum Gasteiger partial charge on any atom is 0.187 e. The zero-order valence-electron chi connectivity index (χ0n) is 26.4. The molecule has 0 radical (unpaired) electrons. The summed E-state index contributed by atoms with van der Waals surface area (Å²) in [5.74, 6) is 0.552. The molecule has 0 bridgehead atoms. The molecule has 4 rings (SSSR count). The Hall–Kier alpha value is -1.00. The zero-order chi connectivity index (χ0) is 32.6. The van der Waals surface area contributed by atoms with Gasteiger partial charge in [-0.15, -0.1) is 0 Å². The second kappa shape index (κ2) is 14.4. The van der Waals surface area contributed by atoms with E-state index in [1.54, 1.807) is 0 Å². The molecule has 2 aliphatic carbocycles. The zero-order valence-corrected chi connectivity index (χ0v) is 26.4. The SMILES string of the molecule is C=C1CC[C@H]2C(C)(C)C(O[C@@H]3O[C@H](CO)[C@@H](O)[C@H](O)[C@H]3O)CC[C@]2(C)[C@H]1CC/C(C)=C/CO[C@@H]1O[C@H](CO)[C@@H](O)[C@H](O)[C@H]1O. The maximum atomic E-state index is 10.6. The Kier molecular flexibility index (Phi) is 11.7. The van der Waals surface area contributed by atoms with Crippen molar-refractivity contribution >= 4 is 0 Å². The Morgan fingerprint density at radius 1 is 0.864 bits per heavy atom. The summed E-state index contributed by atoms with van der Waals surface area (Å²) in [5.41, 5.74) is 1.99. The fourth-order valence-electron chi connectivity index (χ4n) is 8.24. The Labute approximate surface area is 259 Å². The van der Waals surface area contributed by atoms with Crippen LogP contribution in [0.3, 0.4) is 0 Å². The van der Waals surface area contributed by atoms with Gasteiger partial charge >= 0.3 is 0 Å². The first-order valence-corrected chi connectivity index (χ1v) is 15.9. The van der Waals surface area contributed by atoms with Gasteiger partial charge < -0.3 is 59.8 Å². The van der Waals surface area contributed by atoms with Gasteiger partial charge in [0.15, 0.2) is 12.6 Å². The quantitative estimate of drug-likeness (QED) is 0.120. The van der Waals surface area contributed by atoms with E-state index in [1.807, 2.05) is 13.0 Å². The fourth-order valence-corrected chi connectivity index (χ4v) is 8.24. The van der Waals surface area contributed by atoms with Crippen molar-refractivity contribution < 1.29 is 59.8 Å². The highest BCUT2D eigenvalue weighted by molar-refractivity contribution is 5.18. The molecular weight excluding hydrogens is 576 g/mol. The minimum atomic E-state index is -1.48. The largest absolute Gasteiger partial charge is 0.394 e. The average Bonchev–Trinajstić information content (AvgIpc) is 2.98. The van der Waals surface area contributed by atoms with E-state index in [0.29, 0.717) is 6.42 Å². The van der Waals surface area contributed by atoms with Crippen molar-refractivity contribution in [3.63, 3.8) is 0 Å². The summed E-state index contributed by atoms with van der Waals surface area (Å²) < 4.78 is 23.0. The molecule has 14 atom stereocenters. The molecule has 0 amide bonds. The molecule has 4 fully saturated rings. The highest BCUT2D eigenvalue weighted by atomic mass is 16.7. The lowest BCUT2D eigenvalue weighted by Gasteiger charge is -2.60. The van der Waals surface area contributed by atoms with Gasteiger partial charge in [-0.3, -0.25) is 0 Å². The highest BCUT2D eigenvalue weighted by Crippen LogP contribution is 2.62. The van der Waals surface area contributed by atoms with Crippen LogP contribution in [0, 0.1) is 22.7 Å². The van der Waals surface area contributed by atoms with Gasteiger partial charge in [0.1, 0.15) is 48.8 Å². The summed E-state index contributed by atoms with van der Waals surface area (Å²) in [5, 5.41) is 80.1. The molecule has 0 aromatic carbocycles. The number of fused-ring (bicyclic) bond motifs is 1. The van der Waals surface area contributed by atoms with Gasteiger partial charge in [0.05, 0.1) is 25.9 Å². The topological polar surface area (TPSA) is 199 Å². The first-order valence-electron chi connectivity index (χ1n) is 15.9. The smallest absolute Gasteiger partial charge is 0.187 e. The van der Waals surface area contributed by atoms with Gasteiger partial charge in [0.25, 0.3) is 0 Å². The van der Waals surface area contributed by atoms with Crippen LogP contribution >= 0.6 is 0 Å². The maximum absolute atomic E-state index is 10.6. The molecule has 44 heavy (non-hydrogen) atoms. The van der Waals surface area contributed by atoms with Crippen LogP contribution in [-0.4, -0.2) is 128 Å². The average molecular weight is 631 g/mol. The lowest BCUT2D eigenvalue weighted by atomic mass is 9.46. The van der Waals surface area contributed by atoms with E-state index >= 15 is 0 Å². The summed E-state index contributed by atoms with van der Waals surface area (Å²) in [4.78, 5) is 0. The molecule has 2 aliphatic heterocycles. The van der Waals surface area contributed by atoms with Gasteiger partial charge in [-0.05, 0) is 68.1 Å². The van der Waals surface area contributed by atoms with Crippen molar-refractivity contribution in [1.82, 2.24) is 0 Å². The molecule has 2 heterocycles. The molecule has 2 saturated heterocycles. The molecule has 12 heteroatoms. The molecule has 254 valence electrons. The molecule has 0 spiro atoms. The predicted octanol–water partition coefficient (Wildman–Crippen LogP) is 0.123. The molecule has 0 aromatic rings. The van der Waals surface area contributed by atoms with Crippen LogP contribution in [0.5, 0.6) is 0 Å². The molecule has 4 aliphatic rings. The summed E-state index contributed by atoms with van der Waals surface area (Å²) in [6.07, 6.45) is -6.31. The van der Waals surface area contributed by atoms with Gasteiger partial charge in [-0.2, -0.15) is 0 Å².